The predicted molar refractivity (Wildman–Crippen MR) is 98.3 cm³/mol. The second-order valence-electron chi connectivity index (χ2n) is 5.09. The molecule has 0 aliphatic rings. The van der Waals surface area contributed by atoms with Crippen LogP contribution in [0.4, 0.5) is 4.79 Å². The van der Waals surface area contributed by atoms with Gasteiger partial charge in [0.2, 0.25) is 0 Å². The largest absolute Gasteiger partial charge is 0.511 e. The highest BCUT2D eigenvalue weighted by molar-refractivity contribution is 5.93. The van der Waals surface area contributed by atoms with Crippen LogP contribution in [0.5, 0.6) is 5.75 Å². The maximum Gasteiger partial charge on any atom is 0.511 e. The molecule has 0 saturated carbocycles. The first kappa shape index (κ1) is 18.7. The first-order chi connectivity index (χ1) is 12.6. The molecule has 1 N–H and O–H groups in total. The zero-order valence-corrected chi connectivity index (χ0v) is 14.2. The Kier molecular flexibility index (Phi) is 6.94. The van der Waals surface area contributed by atoms with Crippen LogP contribution in [-0.4, -0.2) is 24.3 Å². The number of benzene rings is 3. The fraction of sp³-hybridized carbons (Fsp3) is 0.0476. The van der Waals surface area contributed by atoms with Crippen molar-refractivity contribution in [1.82, 2.24) is 0 Å². The molecule has 0 saturated heterocycles. The van der Waals surface area contributed by atoms with E-state index in [1.165, 1.54) is 30.4 Å². The fourth-order valence-electron chi connectivity index (χ4n) is 2.19. The smallest absolute Gasteiger partial charge is 0.465 e. The van der Waals surface area contributed by atoms with E-state index in [-0.39, 0.29) is 11.3 Å². The van der Waals surface area contributed by atoms with Gasteiger partial charge in [-0.3, -0.25) is 0 Å². The summed E-state index contributed by atoms with van der Waals surface area (Å²) in [5.41, 5.74) is 2.63. The molecule has 0 radical (unpaired) electrons. The van der Waals surface area contributed by atoms with Crippen LogP contribution in [0.1, 0.15) is 10.4 Å². The van der Waals surface area contributed by atoms with Gasteiger partial charge in [0.15, 0.2) is 0 Å². The lowest BCUT2D eigenvalue weighted by Crippen LogP contribution is -2.09. The maximum absolute atomic E-state index is 11.1. The molecule has 26 heavy (non-hydrogen) atoms. The fourth-order valence-corrected chi connectivity index (χ4v) is 2.19. The summed E-state index contributed by atoms with van der Waals surface area (Å²) < 4.78 is 8.83. The third kappa shape index (κ3) is 5.49. The van der Waals surface area contributed by atoms with E-state index in [0.717, 1.165) is 0 Å². The zero-order valence-electron chi connectivity index (χ0n) is 14.2. The second kappa shape index (κ2) is 9.64. The molecule has 3 aromatic rings. The minimum Gasteiger partial charge on any atom is -0.465 e. The molecule has 0 heterocycles. The van der Waals surface area contributed by atoms with Crippen LogP contribution in [0.3, 0.4) is 0 Å². The average molecular weight is 350 g/mol. The highest BCUT2D eigenvalue weighted by Gasteiger charge is 2.14. The normalized spacial score (nSPS) is 9.42. The molecule has 0 fully saturated rings. The summed E-state index contributed by atoms with van der Waals surface area (Å²) in [5, 5.41) is 8.37. The van der Waals surface area contributed by atoms with Gasteiger partial charge in [-0.1, -0.05) is 72.8 Å². The van der Waals surface area contributed by atoms with E-state index in [1.54, 1.807) is 12.1 Å². The number of carbonyl (C=O) groups is 2. The Hall–Kier alpha value is -3.60. The molecule has 0 aliphatic carbocycles. The Bertz CT molecular complexity index is 807. The van der Waals surface area contributed by atoms with Crippen molar-refractivity contribution >= 4 is 12.1 Å². The first-order valence-corrected chi connectivity index (χ1v) is 7.80. The number of esters is 1. The summed E-state index contributed by atoms with van der Waals surface area (Å²) in [7, 11) is 1.21. The number of para-hydroxylation sites is 1. The van der Waals surface area contributed by atoms with Crippen molar-refractivity contribution in [2.75, 3.05) is 7.11 Å². The molecule has 0 aliphatic heterocycles. The van der Waals surface area contributed by atoms with Gasteiger partial charge in [-0.05, 0) is 23.3 Å². The van der Waals surface area contributed by atoms with Crippen LogP contribution in [0, 0.1) is 0 Å². The topological polar surface area (TPSA) is 72.8 Å². The summed E-state index contributed by atoms with van der Waals surface area (Å²) in [6, 6.07) is 26.7. The molecule has 0 amide bonds. The Balaban J connectivity index is 0.000000189. The standard InChI is InChI=1S/C12H10.C9H8O5/c1-3-7-11(8-4-1)12-9-5-2-6-10-12;1-13-8(10)6-4-2-3-5-7(6)14-9(11)12/h1-10H;2-5H,1H3,(H,11,12). The van der Waals surface area contributed by atoms with E-state index in [9.17, 15) is 9.59 Å². The molecule has 0 spiro atoms. The van der Waals surface area contributed by atoms with Crippen LogP contribution in [0.2, 0.25) is 0 Å². The van der Waals surface area contributed by atoms with Crippen LogP contribution in [-0.2, 0) is 4.74 Å². The van der Waals surface area contributed by atoms with E-state index in [2.05, 4.69) is 58.0 Å². The molecular weight excluding hydrogens is 332 g/mol. The monoisotopic (exact) mass is 350 g/mol. The van der Waals surface area contributed by atoms with Crippen molar-refractivity contribution in [3.63, 3.8) is 0 Å². The number of hydrogen-bond donors (Lipinski definition) is 1. The minimum atomic E-state index is -1.47. The summed E-state index contributed by atoms with van der Waals surface area (Å²) in [5.74, 6) is -0.672. The van der Waals surface area contributed by atoms with Gasteiger partial charge < -0.3 is 14.6 Å². The number of hydrogen-bond acceptors (Lipinski definition) is 4. The highest BCUT2D eigenvalue weighted by Crippen LogP contribution is 2.19. The summed E-state index contributed by atoms with van der Waals surface area (Å²) in [6.07, 6.45) is -1.47. The lowest BCUT2D eigenvalue weighted by atomic mass is 10.1. The molecule has 5 nitrogen and oxygen atoms in total. The van der Waals surface area contributed by atoms with Gasteiger partial charge in [0, 0.05) is 0 Å². The summed E-state index contributed by atoms with van der Waals surface area (Å²) in [6.45, 7) is 0. The van der Waals surface area contributed by atoms with E-state index in [0.29, 0.717) is 0 Å². The third-order valence-electron chi connectivity index (χ3n) is 3.37. The Morgan fingerprint density at radius 2 is 1.19 bits per heavy atom. The average Bonchev–Trinajstić information content (AvgIpc) is 2.69. The van der Waals surface area contributed by atoms with Gasteiger partial charge in [0.25, 0.3) is 0 Å². The van der Waals surface area contributed by atoms with Crippen LogP contribution in [0.25, 0.3) is 11.1 Å². The molecule has 0 unspecified atom stereocenters. The Morgan fingerprint density at radius 1 is 0.731 bits per heavy atom. The van der Waals surface area contributed by atoms with Gasteiger partial charge in [0.05, 0.1) is 7.11 Å². The quantitative estimate of drug-likeness (QED) is 0.538. The van der Waals surface area contributed by atoms with Gasteiger partial charge in [0.1, 0.15) is 11.3 Å². The number of carboxylic acid groups (broad SMARTS) is 1. The molecule has 3 rings (SSSR count). The van der Waals surface area contributed by atoms with Crippen molar-refractivity contribution in [3.05, 3.63) is 90.5 Å². The Morgan fingerprint density at radius 3 is 1.65 bits per heavy atom. The second-order valence-corrected chi connectivity index (χ2v) is 5.09. The van der Waals surface area contributed by atoms with Crippen molar-refractivity contribution < 1.29 is 24.2 Å². The van der Waals surface area contributed by atoms with Crippen LogP contribution >= 0.6 is 0 Å². The molecule has 5 heteroatoms. The maximum atomic E-state index is 11.1. The van der Waals surface area contributed by atoms with Gasteiger partial charge >= 0.3 is 12.1 Å². The SMILES string of the molecule is COC(=O)c1ccccc1OC(=O)O.c1ccc(-c2ccccc2)cc1. The highest BCUT2D eigenvalue weighted by atomic mass is 16.7. The molecule has 0 bridgehead atoms. The number of methoxy groups -OCH3 is 1. The minimum absolute atomic E-state index is 0.0353. The summed E-state index contributed by atoms with van der Waals surface area (Å²) in [4.78, 5) is 21.4. The van der Waals surface area contributed by atoms with Crippen LogP contribution < -0.4 is 4.74 Å². The van der Waals surface area contributed by atoms with Gasteiger partial charge in [-0.15, -0.1) is 0 Å². The van der Waals surface area contributed by atoms with Crippen molar-refractivity contribution in [3.8, 4) is 16.9 Å². The van der Waals surface area contributed by atoms with Gasteiger partial charge in [-0.2, -0.15) is 0 Å². The molecular formula is C21H18O5. The van der Waals surface area contributed by atoms with E-state index < -0.39 is 12.1 Å². The first-order valence-electron chi connectivity index (χ1n) is 7.80. The molecule has 0 atom stereocenters. The zero-order chi connectivity index (χ0) is 18.8. The van der Waals surface area contributed by atoms with E-state index in [4.69, 9.17) is 5.11 Å². The van der Waals surface area contributed by atoms with Crippen molar-refractivity contribution in [1.29, 1.82) is 0 Å². The predicted octanol–water partition coefficient (Wildman–Crippen LogP) is 4.88. The van der Waals surface area contributed by atoms with Crippen molar-refractivity contribution in [2.45, 2.75) is 0 Å². The Labute approximate surface area is 151 Å². The number of rotatable bonds is 3. The summed E-state index contributed by atoms with van der Waals surface area (Å²) >= 11 is 0. The lowest BCUT2D eigenvalue weighted by molar-refractivity contribution is 0.0597. The van der Waals surface area contributed by atoms with Crippen LogP contribution in [0.15, 0.2) is 84.9 Å². The molecule has 3 aromatic carbocycles. The number of ether oxygens (including phenoxy) is 2. The lowest BCUT2D eigenvalue weighted by Gasteiger charge is -2.04. The van der Waals surface area contributed by atoms with Crippen molar-refractivity contribution in [2.24, 2.45) is 0 Å². The van der Waals surface area contributed by atoms with E-state index >= 15 is 0 Å². The number of carbonyl (C=O) groups excluding carboxylic acids is 1. The molecule has 132 valence electrons. The molecule has 0 aromatic heterocycles. The van der Waals surface area contributed by atoms with E-state index in [1.807, 2.05) is 12.1 Å². The van der Waals surface area contributed by atoms with Gasteiger partial charge in [-0.25, -0.2) is 9.59 Å². The third-order valence-corrected chi connectivity index (χ3v) is 3.37.